The molecule has 2 heterocycles. The van der Waals surface area contributed by atoms with Crippen LogP contribution in [-0.2, 0) is 14.3 Å². The molecule has 1 N–H and O–H groups in total. The fraction of sp³-hybridized carbons (Fsp3) is 0.304. The van der Waals surface area contributed by atoms with Crippen LogP contribution in [0.4, 0.5) is 0 Å². The van der Waals surface area contributed by atoms with E-state index in [0.29, 0.717) is 42.5 Å². The quantitative estimate of drug-likeness (QED) is 0.429. The molecule has 2 aromatic rings. The van der Waals surface area contributed by atoms with Gasteiger partial charge in [-0.05, 0) is 23.3 Å². The van der Waals surface area contributed by atoms with Crippen molar-refractivity contribution in [1.82, 2.24) is 4.90 Å². The molecule has 1 atom stereocenters. The summed E-state index contributed by atoms with van der Waals surface area (Å²) in [5.41, 5.74) is 1.11. The van der Waals surface area contributed by atoms with Gasteiger partial charge in [-0.25, -0.2) is 0 Å². The predicted octanol–water partition coefficient (Wildman–Crippen LogP) is 0.479. The molecule has 2 fully saturated rings. The lowest BCUT2D eigenvalue weighted by Gasteiger charge is -2.30. The number of hydrogen-bond donors (Lipinski definition) is 1. The molecule has 2 aromatic carbocycles. The van der Waals surface area contributed by atoms with Crippen LogP contribution in [0.3, 0.4) is 0 Å². The summed E-state index contributed by atoms with van der Waals surface area (Å²) < 4.78 is 5.39. The molecular weight excluding hydrogens is 404 g/mol. The van der Waals surface area contributed by atoms with Gasteiger partial charge in [-0.1, -0.05) is 59.8 Å². The van der Waals surface area contributed by atoms with E-state index in [1.54, 1.807) is 54.6 Å². The number of quaternary nitrogens is 1. The summed E-state index contributed by atoms with van der Waals surface area (Å²) in [6, 6.07) is 14.8. The van der Waals surface area contributed by atoms with E-state index in [2.05, 4.69) is 0 Å². The average Bonchev–Trinajstić information content (AvgIpc) is 3.04. The second-order valence-corrected chi connectivity index (χ2v) is 7.94. The van der Waals surface area contributed by atoms with Gasteiger partial charge in [0, 0.05) is 10.6 Å². The van der Waals surface area contributed by atoms with Crippen molar-refractivity contribution < 1.29 is 24.3 Å². The van der Waals surface area contributed by atoms with Crippen LogP contribution in [0, 0.1) is 0 Å². The lowest BCUT2D eigenvalue weighted by molar-refractivity contribution is -0.907. The largest absolute Gasteiger partial charge is 0.872 e. The van der Waals surface area contributed by atoms with Gasteiger partial charge in [0.2, 0.25) is 5.78 Å². The molecule has 1 amide bonds. The summed E-state index contributed by atoms with van der Waals surface area (Å²) in [4.78, 5) is 28.7. The highest BCUT2D eigenvalue weighted by molar-refractivity contribution is 6.46. The number of likely N-dealkylation sites (tertiary alicyclic amines) is 1. The van der Waals surface area contributed by atoms with E-state index in [0.717, 1.165) is 13.1 Å². The highest BCUT2D eigenvalue weighted by Crippen LogP contribution is 2.38. The van der Waals surface area contributed by atoms with Crippen LogP contribution in [0.1, 0.15) is 17.2 Å². The number of ether oxygens (including phenoxy) is 1. The summed E-state index contributed by atoms with van der Waals surface area (Å²) in [5.74, 6) is -1.75. The number of carbonyl (C=O) groups is 2. The highest BCUT2D eigenvalue weighted by atomic mass is 35.5. The first-order valence-corrected chi connectivity index (χ1v) is 10.4. The zero-order valence-corrected chi connectivity index (χ0v) is 17.2. The normalized spacial score (nSPS) is 21.9. The molecule has 0 bridgehead atoms. The number of hydrogen-bond acceptors (Lipinski definition) is 4. The van der Waals surface area contributed by atoms with E-state index in [1.807, 2.05) is 0 Å². The van der Waals surface area contributed by atoms with Crippen LogP contribution in [0.15, 0.2) is 60.2 Å². The number of halogens is 1. The van der Waals surface area contributed by atoms with Gasteiger partial charge in [0.05, 0.1) is 32.3 Å². The summed E-state index contributed by atoms with van der Waals surface area (Å²) in [6.07, 6.45) is 0. The van der Waals surface area contributed by atoms with E-state index in [9.17, 15) is 14.7 Å². The first-order valence-electron chi connectivity index (χ1n) is 10.0. The number of amides is 1. The zero-order valence-electron chi connectivity index (χ0n) is 16.5. The predicted molar refractivity (Wildman–Crippen MR) is 111 cm³/mol. The number of rotatable bonds is 5. The van der Waals surface area contributed by atoms with Crippen LogP contribution in [0.5, 0.6) is 0 Å². The molecular formula is C23H23ClN2O4. The molecule has 0 radical (unpaired) electrons. The molecule has 30 heavy (non-hydrogen) atoms. The summed E-state index contributed by atoms with van der Waals surface area (Å²) in [7, 11) is 0. The van der Waals surface area contributed by atoms with Gasteiger partial charge in [0.1, 0.15) is 13.1 Å². The second kappa shape index (κ2) is 9.00. The topological polar surface area (TPSA) is 74.1 Å². The molecule has 0 aliphatic carbocycles. The Hall–Kier alpha value is -2.67. The Morgan fingerprint density at radius 1 is 1.07 bits per heavy atom. The Morgan fingerprint density at radius 3 is 2.40 bits per heavy atom. The fourth-order valence-corrected chi connectivity index (χ4v) is 4.15. The molecule has 0 spiro atoms. The lowest BCUT2D eigenvalue weighted by atomic mass is 9.95. The summed E-state index contributed by atoms with van der Waals surface area (Å²) >= 11 is 6.03. The van der Waals surface area contributed by atoms with Gasteiger partial charge in [-0.3, -0.25) is 9.59 Å². The molecule has 2 aliphatic heterocycles. The van der Waals surface area contributed by atoms with Crippen molar-refractivity contribution in [2.45, 2.75) is 6.04 Å². The minimum absolute atomic E-state index is 0.00509. The highest BCUT2D eigenvalue weighted by Gasteiger charge is 2.44. The smallest absolute Gasteiger partial charge is 0.295 e. The van der Waals surface area contributed by atoms with Crippen molar-refractivity contribution >= 4 is 29.1 Å². The maximum atomic E-state index is 13.2. The van der Waals surface area contributed by atoms with Crippen molar-refractivity contribution in [1.29, 1.82) is 0 Å². The monoisotopic (exact) mass is 426 g/mol. The van der Waals surface area contributed by atoms with Crippen LogP contribution in [0.2, 0.25) is 5.02 Å². The van der Waals surface area contributed by atoms with Crippen LogP contribution in [0.25, 0.3) is 5.76 Å². The Morgan fingerprint density at radius 2 is 1.73 bits per heavy atom. The van der Waals surface area contributed by atoms with Crippen molar-refractivity contribution in [3.05, 3.63) is 76.3 Å². The molecule has 2 aliphatic rings. The van der Waals surface area contributed by atoms with E-state index in [1.165, 1.54) is 9.80 Å². The zero-order chi connectivity index (χ0) is 21.1. The maximum Gasteiger partial charge on any atom is 0.295 e. The molecule has 2 saturated heterocycles. The van der Waals surface area contributed by atoms with Gasteiger partial charge in [-0.15, -0.1) is 0 Å². The Kier molecular flexibility index (Phi) is 6.18. The van der Waals surface area contributed by atoms with Crippen molar-refractivity contribution in [2.24, 2.45) is 0 Å². The number of nitrogens with zero attached hydrogens (tertiary/aromatic N) is 1. The number of carbonyl (C=O) groups excluding carboxylic acids is 2. The minimum atomic E-state index is -0.721. The van der Waals surface area contributed by atoms with E-state index in [4.69, 9.17) is 16.3 Å². The summed E-state index contributed by atoms with van der Waals surface area (Å²) in [6.45, 7) is 4.18. The van der Waals surface area contributed by atoms with E-state index in [-0.39, 0.29) is 5.57 Å². The third kappa shape index (κ3) is 4.12. The molecule has 0 saturated carbocycles. The number of benzene rings is 2. The minimum Gasteiger partial charge on any atom is -0.872 e. The fourth-order valence-electron chi connectivity index (χ4n) is 4.03. The molecule has 1 unspecified atom stereocenters. The summed E-state index contributed by atoms with van der Waals surface area (Å²) in [5, 5.41) is 13.8. The second-order valence-electron chi connectivity index (χ2n) is 7.50. The average molecular weight is 427 g/mol. The number of Topliss-reactive ketones (excluding diaryl/α,β-unsaturated/α-hetero) is 1. The molecule has 0 aromatic heterocycles. The SMILES string of the molecule is O=C1C(=O)N(CC[NH+]2CCOCC2)C(c2ccc(Cl)cc2)C1=C([O-])c1ccccc1. The van der Waals surface area contributed by atoms with Crippen molar-refractivity contribution in [3.8, 4) is 0 Å². The standard InChI is InChI=1S/C23H23ClN2O4/c24-18-8-6-16(7-9-18)20-19(21(27)17-4-2-1-3-5-17)22(28)23(29)26(20)11-10-25-12-14-30-15-13-25/h1-9,20,27H,10-15H2. The van der Waals surface area contributed by atoms with Crippen LogP contribution in [-0.4, -0.2) is 56.0 Å². The van der Waals surface area contributed by atoms with Gasteiger partial charge in [-0.2, -0.15) is 0 Å². The van der Waals surface area contributed by atoms with Crippen LogP contribution < -0.4 is 10.0 Å². The van der Waals surface area contributed by atoms with E-state index < -0.39 is 23.5 Å². The lowest BCUT2D eigenvalue weighted by Crippen LogP contribution is -3.14. The Balaban J connectivity index is 1.72. The van der Waals surface area contributed by atoms with Crippen LogP contribution >= 0.6 is 11.6 Å². The Labute approximate surface area is 180 Å². The van der Waals surface area contributed by atoms with E-state index >= 15 is 0 Å². The molecule has 4 rings (SSSR count). The third-order valence-corrected chi connectivity index (χ3v) is 5.91. The Bertz CT molecular complexity index is 953. The molecule has 156 valence electrons. The first-order chi connectivity index (χ1) is 14.6. The molecule has 7 heteroatoms. The van der Waals surface area contributed by atoms with Gasteiger partial charge >= 0.3 is 0 Å². The maximum absolute atomic E-state index is 13.2. The first kappa shape index (κ1) is 20.6. The van der Waals surface area contributed by atoms with Gasteiger partial charge in [0.25, 0.3) is 5.91 Å². The third-order valence-electron chi connectivity index (χ3n) is 5.66. The van der Waals surface area contributed by atoms with Crippen molar-refractivity contribution in [3.63, 3.8) is 0 Å². The number of nitrogens with one attached hydrogen (secondary N) is 1. The number of ketones is 1. The van der Waals surface area contributed by atoms with Gasteiger partial charge < -0.3 is 19.6 Å². The number of morpholine rings is 1. The van der Waals surface area contributed by atoms with Gasteiger partial charge in [0.15, 0.2) is 0 Å². The van der Waals surface area contributed by atoms with Crippen molar-refractivity contribution in [2.75, 3.05) is 39.4 Å². The molecule has 6 nitrogen and oxygen atoms in total.